The van der Waals surface area contributed by atoms with Gasteiger partial charge in [-0.1, -0.05) is 23.7 Å². The van der Waals surface area contributed by atoms with Gasteiger partial charge in [-0.15, -0.1) is 0 Å². The highest BCUT2D eigenvalue weighted by Gasteiger charge is 2.37. The summed E-state index contributed by atoms with van der Waals surface area (Å²) in [6, 6.07) is 17.5. The molecule has 0 bridgehead atoms. The van der Waals surface area contributed by atoms with Crippen LogP contribution < -0.4 is 29.3 Å². The van der Waals surface area contributed by atoms with Gasteiger partial charge < -0.3 is 29.2 Å². The molecule has 0 radical (unpaired) electrons. The summed E-state index contributed by atoms with van der Waals surface area (Å²) in [6.07, 6.45) is 4.36. The second-order valence-corrected chi connectivity index (χ2v) is 13.1. The number of nitrogens with zero attached hydrogens (tertiary/aromatic N) is 2. The monoisotopic (exact) mass is 663 g/mol. The molecular weight excluding hydrogens is 618 g/mol. The van der Waals surface area contributed by atoms with Crippen molar-refractivity contribution in [3.63, 3.8) is 0 Å². The molecule has 0 spiro atoms. The highest BCUT2D eigenvalue weighted by molar-refractivity contribution is 6.30. The van der Waals surface area contributed by atoms with Gasteiger partial charge in [0.1, 0.15) is 5.75 Å². The Morgan fingerprint density at radius 3 is 2.30 bits per heavy atom. The number of esters is 1. The van der Waals surface area contributed by atoms with Gasteiger partial charge in [0.15, 0.2) is 11.5 Å². The minimum atomic E-state index is -0.440. The average Bonchev–Trinajstić information content (AvgIpc) is 3.07. The number of hydrogen-bond donors (Lipinski definition) is 1. The molecule has 0 unspecified atom stereocenters. The Hall–Kier alpha value is -3.95. The molecule has 0 saturated heterocycles. The summed E-state index contributed by atoms with van der Waals surface area (Å²) in [6.45, 7) is 5.11. The Kier molecular flexibility index (Phi) is 11.2. The van der Waals surface area contributed by atoms with E-state index in [1.165, 1.54) is 7.11 Å². The Balaban J connectivity index is 1.42. The predicted molar refractivity (Wildman–Crippen MR) is 185 cm³/mol. The van der Waals surface area contributed by atoms with Crippen LogP contribution in [-0.4, -0.2) is 65.5 Å². The van der Waals surface area contributed by atoms with Gasteiger partial charge in [0, 0.05) is 36.4 Å². The van der Waals surface area contributed by atoms with E-state index >= 15 is 0 Å². The SMILES string of the molecule is COC(=O)CN[C@H]1CC[C@H](CN(C)c2ccc(N3C(=O)Cc4cc(OC)c(OC(C)C)cc4[C@@H]3c3ccc(Cl)cc3)c(OC)c2)CC1. The van der Waals surface area contributed by atoms with E-state index in [-0.39, 0.29) is 30.9 Å². The molecule has 2 aliphatic rings. The number of hydrogen-bond acceptors (Lipinski definition) is 8. The van der Waals surface area contributed by atoms with Crippen molar-refractivity contribution in [3.05, 3.63) is 76.3 Å². The van der Waals surface area contributed by atoms with Crippen molar-refractivity contribution in [3.8, 4) is 17.2 Å². The van der Waals surface area contributed by atoms with Gasteiger partial charge in [-0.2, -0.15) is 0 Å². The van der Waals surface area contributed by atoms with Crippen molar-refractivity contribution in [2.75, 3.05) is 51.3 Å². The van der Waals surface area contributed by atoms with E-state index in [9.17, 15) is 9.59 Å². The number of nitrogens with one attached hydrogen (secondary N) is 1. The molecule has 9 nitrogen and oxygen atoms in total. The topological polar surface area (TPSA) is 89.6 Å². The Morgan fingerprint density at radius 1 is 0.957 bits per heavy atom. The van der Waals surface area contributed by atoms with Crippen molar-refractivity contribution in [1.82, 2.24) is 5.32 Å². The fourth-order valence-electron chi connectivity index (χ4n) is 6.75. The zero-order chi connectivity index (χ0) is 33.7. The van der Waals surface area contributed by atoms with E-state index in [1.54, 1.807) is 14.2 Å². The van der Waals surface area contributed by atoms with Crippen LogP contribution in [0, 0.1) is 5.92 Å². The fourth-order valence-corrected chi connectivity index (χ4v) is 6.88. The van der Waals surface area contributed by atoms with Crippen LogP contribution in [0.25, 0.3) is 0 Å². The third-order valence-corrected chi connectivity index (χ3v) is 9.39. The molecule has 5 rings (SSSR count). The van der Waals surface area contributed by atoms with Crippen LogP contribution in [0.1, 0.15) is 62.3 Å². The lowest BCUT2D eigenvalue weighted by molar-refractivity contribution is -0.139. The van der Waals surface area contributed by atoms with E-state index in [0.29, 0.717) is 39.9 Å². The summed E-state index contributed by atoms with van der Waals surface area (Å²) in [5.41, 5.74) is 4.48. The van der Waals surface area contributed by atoms with Crippen LogP contribution in [0.3, 0.4) is 0 Å². The van der Waals surface area contributed by atoms with E-state index in [2.05, 4.69) is 23.3 Å². The lowest BCUT2D eigenvalue weighted by Crippen LogP contribution is -2.41. The van der Waals surface area contributed by atoms with Crippen LogP contribution >= 0.6 is 11.6 Å². The van der Waals surface area contributed by atoms with Gasteiger partial charge in [0.2, 0.25) is 5.91 Å². The standard InChI is InChI=1S/C37H46ClN3O6/c1-23(2)47-34-20-30-26(17-33(34)45-5)18-35(42)41(37(30)25-9-11-27(38)12-10-25)31-16-15-29(19-32(31)44-4)40(3)22-24-7-13-28(14-8-24)39-21-36(43)46-6/h9-12,15-17,19-20,23-24,28,37,39H,7-8,13-14,18,21-22H2,1-6H3/t24-,28-,37-/m0/s1. The fraction of sp³-hybridized carbons (Fsp3) is 0.459. The first-order valence-electron chi connectivity index (χ1n) is 16.3. The van der Waals surface area contributed by atoms with Gasteiger partial charge >= 0.3 is 5.97 Å². The first kappa shape index (κ1) is 34.4. The molecule has 1 saturated carbocycles. The molecule has 1 heterocycles. The van der Waals surface area contributed by atoms with Crippen molar-refractivity contribution in [2.24, 2.45) is 5.92 Å². The van der Waals surface area contributed by atoms with Crippen LogP contribution in [0.2, 0.25) is 5.02 Å². The minimum Gasteiger partial charge on any atom is -0.494 e. The largest absolute Gasteiger partial charge is 0.494 e. The summed E-state index contributed by atoms with van der Waals surface area (Å²) in [7, 11) is 6.76. The minimum absolute atomic E-state index is 0.0472. The number of halogens is 1. The van der Waals surface area contributed by atoms with Crippen LogP contribution in [0.4, 0.5) is 11.4 Å². The molecule has 1 aliphatic carbocycles. The number of fused-ring (bicyclic) bond motifs is 1. The molecule has 3 aromatic rings. The Morgan fingerprint density at radius 2 is 1.66 bits per heavy atom. The molecule has 0 aromatic heterocycles. The molecule has 47 heavy (non-hydrogen) atoms. The zero-order valence-corrected chi connectivity index (χ0v) is 28.9. The normalized spacial score (nSPS) is 19.3. The number of benzene rings is 3. The van der Waals surface area contributed by atoms with Crippen molar-refractivity contribution < 1.29 is 28.5 Å². The van der Waals surface area contributed by atoms with E-state index in [0.717, 1.165) is 54.6 Å². The van der Waals surface area contributed by atoms with E-state index in [4.69, 9.17) is 30.5 Å². The predicted octanol–water partition coefficient (Wildman–Crippen LogP) is 6.58. The van der Waals surface area contributed by atoms with Crippen molar-refractivity contribution in [1.29, 1.82) is 0 Å². The number of amides is 1. The molecule has 1 N–H and O–H groups in total. The summed E-state index contributed by atoms with van der Waals surface area (Å²) >= 11 is 6.30. The molecule has 1 fully saturated rings. The highest BCUT2D eigenvalue weighted by atomic mass is 35.5. The number of carbonyl (C=O) groups is 2. The highest BCUT2D eigenvalue weighted by Crippen LogP contribution is 2.46. The van der Waals surface area contributed by atoms with Gasteiger partial charge in [-0.05, 0) is 98.5 Å². The zero-order valence-electron chi connectivity index (χ0n) is 28.2. The number of anilines is 2. The smallest absolute Gasteiger partial charge is 0.319 e. The lowest BCUT2D eigenvalue weighted by atomic mass is 9.85. The maximum atomic E-state index is 14.1. The molecule has 3 aromatic carbocycles. The lowest BCUT2D eigenvalue weighted by Gasteiger charge is -2.39. The molecule has 10 heteroatoms. The molecule has 1 atom stereocenters. The first-order chi connectivity index (χ1) is 22.6. The third kappa shape index (κ3) is 7.96. The third-order valence-electron chi connectivity index (χ3n) is 9.14. The van der Waals surface area contributed by atoms with Gasteiger partial charge in [0.05, 0.1) is 52.1 Å². The molecular formula is C37H46ClN3O6. The molecule has 1 aliphatic heterocycles. The second kappa shape index (κ2) is 15.3. The number of methoxy groups -OCH3 is 3. The number of rotatable bonds is 12. The van der Waals surface area contributed by atoms with Crippen LogP contribution in [-0.2, 0) is 20.7 Å². The first-order valence-corrected chi connectivity index (χ1v) is 16.6. The van der Waals surface area contributed by atoms with Gasteiger partial charge in [-0.25, -0.2) is 0 Å². The number of carbonyl (C=O) groups excluding carboxylic acids is 2. The van der Waals surface area contributed by atoms with Gasteiger partial charge in [-0.3, -0.25) is 14.5 Å². The van der Waals surface area contributed by atoms with Crippen LogP contribution in [0.15, 0.2) is 54.6 Å². The maximum Gasteiger partial charge on any atom is 0.319 e. The Labute approximate surface area is 283 Å². The molecule has 252 valence electrons. The quantitative estimate of drug-likeness (QED) is 0.218. The summed E-state index contributed by atoms with van der Waals surface area (Å²) < 4.78 is 22.5. The van der Waals surface area contributed by atoms with E-state index < -0.39 is 6.04 Å². The maximum absolute atomic E-state index is 14.1. The average molecular weight is 664 g/mol. The van der Waals surface area contributed by atoms with Crippen LogP contribution in [0.5, 0.6) is 17.2 Å². The number of ether oxygens (including phenoxy) is 4. The summed E-state index contributed by atoms with van der Waals surface area (Å²) in [4.78, 5) is 29.7. The van der Waals surface area contributed by atoms with E-state index in [1.807, 2.05) is 67.3 Å². The van der Waals surface area contributed by atoms with Crippen molar-refractivity contribution >= 4 is 34.9 Å². The van der Waals surface area contributed by atoms with Crippen molar-refractivity contribution in [2.45, 2.75) is 64.1 Å². The summed E-state index contributed by atoms with van der Waals surface area (Å²) in [5.74, 6) is 2.11. The second-order valence-electron chi connectivity index (χ2n) is 12.7. The molecule has 1 amide bonds. The summed E-state index contributed by atoms with van der Waals surface area (Å²) in [5, 5.41) is 3.94. The Bertz CT molecular complexity index is 1550. The van der Waals surface area contributed by atoms with Gasteiger partial charge in [0.25, 0.3) is 0 Å².